The second-order valence-electron chi connectivity index (χ2n) is 7.00. The monoisotopic (exact) mass is 365 g/mol. The Morgan fingerprint density at radius 3 is 2.19 bits per heavy atom. The van der Waals surface area contributed by atoms with Crippen LogP contribution in [0.15, 0.2) is 59.7 Å². The number of hydrogen-bond donors (Lipinski definition) is 2. The van der Waals surface area contributed by atoms with Crippen LogP contribution in [0.25, 0.3) is 11.1 Å². The highest BCUT2D eigenvalue weighted by molar-refractivity contribution is 6.00. The van der Waals surface area contributed by atoms with E-state index in [2.05, 4.69) is 28.0 Å². The van der Waals surface area contributed by atoms with Gasteiger partial charge in [0, 0.05) is 12.3 Å². The van der Waals surface area contributed by atoms with E-state index in [9.17, 15) is 9.59 Å². The molecule has 142 valence electrons. The fraction of sp³-hybridized carbons (Fsp3) is 0.318. The molecule has 0 saturated heterocycles. The molecule has 2 aromatic rings. The maximum absolute atomic E-state index is 12.1. The molecule has 2 amide bonds. The van der Waals surface area contributed by atoms with Crippen molar-refractivity contribution in [2.75, 3.05) is 6.54 Å². The van der Waals surface area contributed by atoms with Gasteiger partial charge < -0.3 is 5.32 Å². The first kappa shape index (κ1) is 20.4. The summed E-state index contributed by atoms with van der Waals surface area (Å²) in [6.45, 7) is 6.43. The standard InChI is InChI=1S/C22H27N3O2/c1-16(2)15-23-21(26)13-17(3)24-25-22(27)14-18-9-11-20(12-10-18)19-7-5-4-6-8-19/h4-12,16H,13-15H2,1-3H3,(H,23,26)(H,25,27)/b24-17+. The van der Waals surface area contributed by atoms with E-state index in [1.807, 2.05) is 56.3 Å². The van der Waals surface area contributed by atoms with Crippen molar-refractivity contribution in [2.24, 2.45) is 11.0 Å². The van der Waals surface area contributed by atoms with Gasteiger partial charge in [-0.2, -0.15) is 5.10 Å². The zero-order chi connectivity index (χ0) is 19.6. The molecule has 0 atom stereocenters. The van der Waals surface area contributed by atoms with Gasteiger partial charge in [-0.1, -0.05) is 68.4 Å². The Bertz CT molecular complexity index is 781. The third-order valence-corrected chi connectivity index (χ3v) is 3.92. The van der Waals surface area contributed by atoms with E-state index in [0.29, 0.717) is 18.2 Å². The van der Waals surface area contributed by atoms with Crippen molar-refractivity contribution in [3.05, 3.63) is 60.2 Å². The largest absolute Gasteiger partial charge is 0.356 e. The van der Waals surface area contributed by atoms with E-state index in [-0.39, 0.29) is 24.7 Å². The molecule has 0 radical (unpaired) electrons. The number of rotatable bonds is 8. The fourth-order valence-electron chi connectivity index (χ4n) is 2.48. The topological polar surface area (TPSA) is 70.6 Å². The number of carbonyl (C=O) groups excluding carboxylic acids is 2. The Kier molecular flexibility index (Phi) is 7.74. The van der Waals surface area contributed by atoms with Crippen LogP contribution in [0.4, 0.5) is 0 Å². The number of hydrogen-bond acceptors (Lipinski definition) is 3. The van der Waals surface area contributed by atoms with Gasteiger partial charge in [0.15, 0.2) is 0 Å². The predicted molar refractivity (Wildman–Crippen MR) is 109 cm³/mol. The molecule has 5 heteroatoms. The van der Waals surface area contributed by atoms with Gasteiger partial charge in [0.25, 0.3) is 0 Å². The zero-order valence-corrected chi connectivity index (χ0v) is 16.2. The van der Waals surface area contributed by atoms with Gasteiger partial charge in [0.05, 0.1) is 12.8 Å². The number of carbonyl (C=O) groups is 2. The van der Waals surface area contributed by atoms with Crippen molar-refractivity contribution in [3.63, 3.8) is 0 Å². The van der Waals surface area contributed by atoms with Gasteiger partial charge in [-0.05, 0) is 29.5 Å². The van der Waals surface area contributed by atoms with Crippen LogP contribution in [-0.2, 0) is 16.0 Å². The summed E-state index contributed by atoms with van der Waals surface area (Å²) in [5, 5.41) is 6.84. The molecule has 0 unspecified atom stereocenters. The smallest absolute Gasteiger partial charge is 0.244 e. The lowest BCUT2D eigenvalue weighted by molar-refractivity contribution is -0.121. The molecule has 2 aromatic carbocycles. The number of benzene rings is 2. The Balaban J connectivity index is 1.82. The minimum atomic E-state index is -0.204. The Morgan fingerprint density at radius 2 is 1.56 bits per heavy atom. The van der Waals surface area contributed by atoms with Crippen LogP contribution in [0.5, 0.6) is 0 Å². The first-order valence-electron chi connectivity index (χ1n) is 9.17. The molecule has 0 spiro atoms. The summed E-state index contributed by atoms with van der Waals surface area (Å²) in [5.41, 5.74) is 6.26. The molecule has 0 saturated carbocycles. The highest BCUT2D eigenvalue weighted by Gasteiger charge is 2.06. The highest BCUT2D eigenvalue weighted by Crippen LogP contribution is 2.19. The summed E-state index contributed by atoms with van der Waals surface area (Å²) in [6, 6.07) is 18.0. The van der Waals surface area contributed by atoms with E-state index in [1.54, 1.807) is 6.92 Å². The lowest BCUT2D eigenvalue weighted by Crippen LogP contribution is -2.29. The van der Waals surface area contributed by atoms with E-state index in [0.717, 1.165) is 16.7 Å². The van der Waals surface area contributed by atoms with Crippen molar-refractivity contribution in [2.45, 2.75) is 33.6 Å². The van der Waals surface area contributed by atoms with Gasteiger partial charge in [-0.3, -0.25) is 9.59 Å². The van der Waals surface area contributed by atoms with Crippen LogP contribution < -0.4 is 10.7 Å². The maximum atomic E-state index is 12.1. The second-order valence-corrected chi connectivity index (χ2v) is 7.00. The van der Waals surface area contributed by atoms with E-state index in [4.69, 9.17) is 0 Å². The van der Waals surface area contributed by atoms with Crippen molar-refractivity contribution in [1.82, 2.24) is 10.7 Å². The molecular formula is C22H27N3O2. The van der Waals surface area contributed by atoms with Gasteiger partial charge >= 0.3 is 0 Å². The molecule has 0 aromatic heterocycles. The molecule has 0 aliphatic carbocycles. The van der Waals surface area contributed by atoms with E-state index < -0.39 is 0 Å². The molecule has 0 aliphatic heterocycles. The quantitative estimate of drug-likeness (QED) is 0.555. The summed E-state index contributed by atoms with van der Waals surface area (Å²) in [6.07, 6.45) is 0.421. The lowest BCUT2D eigenvalue weighted by atomic mass is 10.0. The summed E-state index contributed by atoms with van der Waals surface area (Å²) in [4.78, 5) is 23.8. The van der Waals surface area contributed by atoms with Crippen molar-refractivity contribution >= 4 is 17.5 Å². The summed E-state index contributed by atoms with van der Waals surface area (Å²) in [7, 11) is 0. The molecule has 2 rings (SSSR count). The van der Waals surface area contributed by atoms with Crippen LogP contribution >= 0.6 is 0 Å². The lowest BCUT2D eigenvalue weighted by Gasteiger charge is -2.07. The minimum absolute atomic E-state index is 0.0873. The van der Waals surface area contributed by atoms with E-state index >= 15 is 0 Å². The molecule has 2 N–H and O–H groups in total. The molecule has 0 fully saturated rings. The maximum Gasteiger partial charge on any atom is 0.244 e. The van der Waals surface area contributed by atoms with Gasteiger partial charge in [0.1, 0.15) is 0 Å². The SMILES string of the molecule is C/C(CC(=O)NCC(C)C)=N\NC(=O)Cc1ccc(-c2ccccc2)cc1. The number of hydrazone groups is 1. The molecule has 0 bridgehead atoms. The zero-order valence-electron chi connectivity index (χ0n) is 16.2. The van der Waals surface area contributed by atoms with Crippen LogP contribution in [0.1, 0.15) is 32.8 Å². The summed E-state index contributed by atoms with van der Waals surface area (Å²) >= 11 is 0. The van der Waals surface area contributed by atoms with Crippen LogP contribution in [-0.4, -0.2) is 24.1 Å². The van der Waals surface area contributed by atoms with Crippen molar-refractivity contribution in [3.8, 4) is 11.1 Å². The Labute approximate surface area is 160 Å². The van der Waals surface area contributed by atoms with Crippen molar-refractivity contribution in [1.29, 1.82) is 0 Å². The van der Waals surface area contributed by atoms with E-state index in [1.165, 1.54) is 0 Å². The molecule has 0 heterocycles. The van der Waals surface area contributed by atoms with Crippen molar-refractivity contribution < 1.29 is 9.59 Å². The number of nitrogens with one attached hydrogen (secondary N) is 2. The van der Waals surface area contributed by atoms with Crippen LogP contribution in [0.3, 0.4) is 0 Å². The number of nitrogens with zero attached hydrogens (tertiary/aromatic N) is 1. The van der Waals surface area contributed by atoms with Gasteiger partial charge in [-0.15, -0.1) is 0 Å². The average molecular weight is 365 g/mol. The molecule has 5 nitrogen and oxygen atoms in total. The van der Waals surface area contributed by atoms with Crippen LogP contribution in [0.2, 0.25) is 0 Å². The molecule has 0 aliphatic rings. The average Bonchev–Trinajstić information content (AvgIpc) is 2.66. The van der Waals surface area contributed by atoms with Gasteiger partial charge in [0.2, 0.25) is 11.8 Å². The molecular weight excluding hydrogens is 338 g/mol. The first-order valence-corrected chi connectivity index (χ1v) is 9.17. The fourth-order valence-corrected chi connectivity index (χ4v) is 2.48. The minimum Gasteiger partial charge on any atom is -0.356 e. The summed E-state index contributed by atoms with van der Waals surface area (Å²) < 4.78 is 0. The molecule has 27 heavy (non-hydrogen) atoms. The third-order valence-electron chi connectivity index (χ3n) is 3.92. The first-order chi connectivity index (χ1) is 12.9. The Morgan fingerprint density at radius 1 is 0.926 bits per heavy atom. The third kappa shape index (κ3) is 7.44. The predicted octanol–water partition coefficient (Wildman–Crippen LogP) is 3.55. The summed E-state index contributed by atoms with van der Waals surface area (Å²) in [5.74, 6) is 0.110. The number of amides is 2. The highest BCUT2D eigenvalue weighted by atomic mass is 16.2. The van der Waals surface area contributed by atoms with Crippen LogP contribution in [0, 0.1) is 5.92 Å². The normalized spacial score (nSPS) is 11.3. The Hall–Kier alpha value is -2.95. The van der Waals surface area contributed by atoms with Gasteiger partial charge in [-0.25, -0.2) is 5.43 Å². The second kappa shape index (κ2) is 10.3.